The summed E-state index contributed by atoms with van der Waals surface area (Å²) in [5, 5.41) is 7.30. The number of anilines is 1. The molecule has 2 atom stereocenters. The van der Waals surface area contributed by atoms with E-state index in [0.29, 0.717) is 16.7 Å². The van der Waals surface area contributed by atoms with Gasteiger partial charge in [-0.1, -0.05) is 12.1 Å². The zero-order valence-corrected chi connectivity index (χ0v) is 20.6. The van der Waals surface area contributed by atoms with Gasteiger partial charge in [-0.3, -0.25) is 19.7 Å². The lowest BCUT2D eigenvalue weighted by molar-refractivity contribution is -0.136. The van der Waals surface area contributed by atoms with Crippen molar-refractivity contribution in [2.24, 2.45) is 0 Å². The highest BCUT2D eigenvalue weighted by Gasteiger charge is 2.39. The van der Waals surface area contributed by atoms with E-state index in [4.69, 9.17) is 4.52 Å². The van der Waals surface area contributed by atoms with Gasteiger partial charge in [0.05, 0.1) is 0 Å². The molecule has 34 heavy (non-hydrogen) atoms. The number of hydrogen-bond acceptors (Lipinski definition) is 5. The predicted molar refractivity (Wildman–Crippen MR) is 128 cm³/mol. The quantitative estimate of drug-likeness (QED) is 0.267. The summed E-state index contributed by atoms with van der Waals surface area (Å²) in [6, 6.07) is 5.75. The smallest absolute Gasteiger partial charge is 0.319 e. The molecule has 0 aliphatic carbocycles. The van der Waals surface area contributed by atoms with Crippen molar-refractivity contribution in [2.45, 2.75) is 32.0 Å². The molecule has 0 saturated carbocycles. The predicted octanol–water partition coefficient (Wildman–Crippen LogP) is 3.37. The van der Waals surface area contributed by atoms with Crippen molar-refractivity contribution in [3.05, 3.63) is 58.7 Å². The van der Waals surface area contributed by atoms with Gasteiger partial charge < -0.3 is 20.1 Å². The molecule has 0 bridgehead atoms. The Balaban J connectivity index is 1.38. The number of imide groups is 1. The highest BCUT2D eigenvalue weighted by atomic mass is 127. The second-order valence-corrected chi connectivity index (χ2v) is 9.33. The normalized spacial score (nSPS) is 17.7. The molecule has 0 spiro atoms. The van der Waals surface area contributed by atoms with Crippen molar-refractivity contribution in [2.75, 3.05) is 5.32 Å². The van der Waals surface area contributed by atoms with Gasteiger partial charge in [-0.05, 0) is 45.7 Å². The molecule has 0 aromatic heterocycles. The molecule has 0 radical (unpaired) electrons. The molecule has 2 aliphatic rings. The summed E-state index contributed by atoms with van der Waals surface area (Å²) in [6.07, 6.45) is 0.443. The van der Waals surface area contributed by atoms with Gasteiger partial charge in [0.2, 0.25) is 17.6 Å². The van der Waals surface area contributed by atoms with Crippen molar-refractivity contribution < 1.29 is 32.5 Å². The minimum absolute atomic E-state index is 0.0282. The number of halogens is 3. The summed E-state index contributed by atoms with van der Waals surface area (Å²) in [5.41, 5.74) is 1.90. The Morgan fingerprint density at radius 3 is 2.76 bits per heavy atom. The van der Waals surface area contributed by atoms with Crippen LogP contribution in [0.25, 0.3) is 0 Å². The van der Waals surface area contributed by atoms with Crippen LogP contribution in [0.15, 0.2) is 30.3 Å². The van der Waals surface area contributed by atoms with Gasteiger partial charge in [0.25, 0.3) is 5.91 Å². The van der Waals surface area contributed by atoms with Crippen LogP contribution in [0.3, 0.4) is 0 Å². The number of hydrogen-bond donors (Lipinski definition) is 3. The number of nitrogens with one attached hydrogen (secondary N) is 3. The van der Waals surface area contributed by atoms with Gasteiger partial charge >= 0.3 is 6.03 Å². The molecule has 5 amide bonds. The first-order valence-electron chi connectivity index (χ1n) is 10.1. The number of amides is 5. The Morgan fingerprint density at radius 2 is 2.03 bits per heavy atom. The van der Waals surface area contributed by atoms with Gasteiger partial charge in [0.1, 0.15) is 12.5 Å². The molecule has 4 rings (SSSR count). The molecule has 178 valence electrons. The van der Waals surface area contributed by atoms with Crippen LogP contribution in [-0.2, 0) is 22.7 Å². The Morgan fingerprint density at radius 1 is 1.24 bits per heavy atom. The van der Waals surface area contributed by atoms with Crippen molar-refractivity contribution in [1.82, 2.24) is 15.5 Å². The Kier molecular flexibility index (Phi) is 7.27. The van der Waals surface area contributed by atoms with Gasteiger partial charge in [-0.25, -0.2) is 9.18 Å². The lowest BCUT2D eigenvalue weighted by atomic mass is 10.0. The lowest BCUT2D eigenvalue weighted by Gasteiger charge is -2.29. The number of fused-ring (bicyclic) bond motifs is 1. The molecule has 3 N–H and O–H groups in total. The molecule has 2 aromatic carbocycles. The molecule has 2 heterocycles. The average Bonchev–Trinajstić information content (AvgIpc) is 3.11. The van der Waals surface area contributed by atoms with E-state index in [1.807, 2.05) is 22.0 Å². The maximum atomic E-state index is 13.7. The maximum Gasteiger partial charge on any atom is 0.319 e. The van der Waals surface area contributed by atoms with Crippen LogP contribution in [-0.4, -0.2) is 34.7 Å². The van der Waals surface area contributed by atoms with Crippen molar-refractivity contribution in [3.8, 4) is 5.75 Å². The number of carbonyl (C=O) groups excluding carboxylic acids is 4. The molecule has 1 fully saturated rings. The van der Waals surface area contributed by atoms with Crippen LogP contribution in [0.1, 0.15) is 34.3 Å². The highest BCUT2D eigenvalue weighted by molar-refractivity contribution is 14.2. The van der Waals surface area contributed by atoms with E-state index in [1.54, 1.807) is 18.2 Å². The van der Waals surface area contributed by atoms with Crippen molar-refractivity contribution >= 4 is 57.9 Å². The van der Waals surface area contributed by atoms with E-state index < -0.39 is 29.6 Å². The van der Waals surface area contributed by atoms with Crippen LogP contribution in [0.2, 0.25) is 0 Å². The molecule has 2 unspecified atom stereocenters. The van der Waals surface area contributed by atoms with E-state index in [2.05, 4.69) is 16.0 Å². The fraction of sp³-hybridized carbons (Fsp3) is 0.238. The SMILES string of the molecule is O=C1CCC(N2Cc3cc(CNC(=O)Nc4cc(F)c(F)c(OPI)c4)ccc3C2=O)C(=O)N1. The minimum atomic E-state index is -1.15. The third kappa shape index (κ3) is 5.12. The fourth-order valence-corrected chi connectivity index (χ4v) is 4.79. The van der Waals surface area contributed by atoms with E-state index in [-0.39, 0.29) is 55.6 Å². The molecule has 2 aliphatic heterocycles. The molecule has 1 saturated heterocycles. The van der Waals surface area contributed by atoms with Crippen molar-refractivity contribution in [1.29, 1.82) is 0 Å². The minimum Gasteiger partial charge on any atom is -0.463 e. The van der Waals surface area contributed by atoms with Crippen LogP contribution in [0.5, 0.6) is 5.75 Å². The van der Waals surface area contributed by atoms with Gasteiger partial charge in [-0.2, -0.15) is 4.39 Å². The Bertz CT molecular complexity index is 1200. The summed E-state index contributed by atoms with van der Waals surface area (Å²) in [6.45, 7) is 0.192. The van der Waals surface area contributed by atoms with Crippen LogP contribution in [0.4, 0.5) is 19.3 Å². The van der Waals surface area contributed by atoms with Gasteiger partial charge in [-0.15, -0.1) is 0 Å². The monoisotopic (exact) mass is 602 g/mol. The molecule has 2 aromatic rings. The molecule has 13 heteroatoms. The standard InChI is InChI=1S/C21H18F2IN4O5P/c22-14-6-12(7-16(18(14)23)33-34-24)26-21(32)25-8-10-1-2-13-11(5-10)9-28(20(13)31)15-3-4-17(29)27-19(15)30/h1-2,5-7,15,34H,3-4,8-9H2,(H2,25,26,32)(H,27,29,30). The number of nitrogens with zero attached hydrogens (tertiary/aromatic N) is 1. The first-order valence-corrected chi connectivity index (χ1v) is 14.1. The first-order chi connectivity index (χ1) is 16.3. The number of carbonyl (C=O) groups is 4. The topological polar surface area (TPSA) is 117 Å². The van der Waals surface area contributed by atoms with E-state index >= 15 is 0 Å². The summed E-state index contributed by atoms with van der Waals surface area (Å²) in [5.74, 6) is -3.70. The Hall–Kier alpha value is -2.86. The van der Waals surface area contributed by atoms with E-state index in [9.17, 15) is 28.0 Å². The summed E-state index contributed by atoms with van der Waals surface area (Å²) >= 11 is 1.86. The number of rotatable bonds is 6. The molecular weight excluding hydrogens is 584 g/mol. The molecule has 9 nitrogen and oxygen atoms in total. The maximum absolute atomic E-state index is 13.7. The van der Waals surface area contributed by atoms with Gasteiger partial charge in [0.15, 0.2) is 11.6 Å². The third-order valence-electron chi connectivity index (χ3n) is 5.44. The Labute approximate surface area is 207 Å². The second-order valence-electron chi connectivity index (χ2n) is 7.65. The third-order valence-corrected chi connectivity index (χ3v) is 6.40. The number of piperidine rings is 1. The zero-order chi connectivity index (χ0) is 24.4. The zero-order valence-electron chi connectivity index (χ0n) is 17.4. The summed E-state index contributed by atoms with van der Waals surface area (Å²) < 4.78 is 32.5. The lowest BCUT2D eigenvalue weighted by Crippen LogP contribution is -2.52. The van der Waals surface area contributed by atoms with Crippen molar-refractivity contribution in [3.63, 3.8) is 0 Å². The number of urea groups is 1. The summed E-state index contributed by atoms with van der Waals surface area (Å²) in [7, 11) is 0. The first kappa shape index (κ1) is 24.3. The summed E-state index contributed by atoms with van der Waals surface area (Å²) in [4.78, 5) is 50.0. The van der Waals surface area contributed by atoms with E-state index in [0.717, 1.165) is 6.07 Å². The van der Waals surface area contributed by atoms with Crippen LogP contribution >= 0.6 is 28.5 Å². The molecular formula is C21H18F2IN4O5P. The largest absolute Gasteiger partial charge is 0.463 e. The van der Waals surface area contributed by atoms with Gasteiger partial charge in [0, 0.05) is 42.9 Å². The second kappa shape index (κ2) is 10.2. The van der Waals surface area contributed by atoms with Crippen LogP contribution in [0, 0.1) is 11.6 Å². The highest BCUT2D eigenvalue weighted by Crippen LogP contribution is 2.32. The van der Waals surface area contributed by atoms with E-state index in [1.165, 1.54) is 11.0 Å². The number of benzene rings is 2. The fourth-order valence-electron chi connectivity index (χ4n) is 3.85. The average molecular weight is 602 g/mol. The van der Waals surface area contributed by atoms with Crippen LogP contribution < -0.4 is 20.5 Å².